The van der Waals surface area contributed by atoms with Crippen LogP contribution in [0.3, 0.4) is 0 Å². The van der Waals surface area contributed by atoms with Gasteiger partial charge in [-0.15, -0.1) is 36.6 Å². The van der Waals surface area contributed by atoms with Crippen LogP contribution in [0.4, 0.5) is 0 Å². The molecule has 0 fully saturated rings. The fourth-order valence-corrected chi connectivity index (χ4v) is 0. The summed E-state index contributed by atoms with van der Waals surface area (Å²) in [6.45, 7) is 3.35. The quantitative estimate of drug-likeness (QED) is 0.324. The second-order valence-electron chi connectivity index (χ2n) is 0.524. The van der Waals surface area contributed by atoms with Crippen LogP contribution in [0.25, 0.3) is 0 Å². The van der Waals surface area contributed by atoms with Crippen molar-refractivity contribution in [1.82, 2.24) is 0 Å². The molecule has 0 unspecified atom stereocenters. The van der Waals surface area contributed by atoms with Gasteiger partial charge in [0.15, 0.2) is 0 Å². The van der Waals surface area contributed by atoms with Crippen LogP contribution in [0.15, 0.2) is 12.7 Å². The van der Waals surface area contributed by atoms with E-state index in [-0.39, 0.29) is 24.0 Å². The van der Waals surface area contributed by atoms with Gasteiger partial charge in [0, 0.05) is 0 Å². The maximum absolute atomic E-state index is 4.91. The van der Waals surface area contributed by atoms with Crippen molar-refractivity contribution >= 4 is 31.8 Å². The molecule has 0 heterocycles. The number of rotatable bonds is 1. The fourth-order valence-electron chi connectivity index (χ4n) is 0. The first-order valence-electron chi connectivity index (χ1n) is 1.22. The van der Waals surface area contributed by atoms with E-state index in [1.54, 1.807) is 6.08 Å². The molecule has 0 amide bonds. The maximum atomic E-state index is 4.91. The van der Waals surface area contributed by atoms with Crippen molar-refractivity contribution in [2.45, 2.75) is 6.32 Å². The van der Waals surface area contributed by atoms with Crippen molar-refractivity contribution < 1.29 is 0 Å². The van der Waals surface area contributed by atoms with Crippen LogP contribution in [-0.2, 0) is 0 Å². The Labute approximate surface area is 51.1 Å². The van der Waals surface area contributed by atoms with E-state index in [1.165, 1.54) is 0 Å². The highest BCUT2D eigenvalue weighted by Gasteiger charge is 1.46. The molecular formula is C3H6BI. The highest BCUT2D eigenvalue weighted by molar-refractivity contribution is 14.0. The van der Waals surface area contributed by atoms with Crippen molar-refractivity contribution in [3.05, 3.63) is 12.7 Å². The largest absolute Gasteiger partial charge is 0.107 e. The maximum Gasteiger partial charge on any atom is 0.0708 e. The average molecular weight is 180 g/mol. The third-order valence-corrected chi connectivity index (χ3v) is 0.167. The molecule has 0 aromatic heterocycles. The molecule has 0 aromatic rings. The number of hydrogen-bond donors (Lipinski definition) is 0. The molecule has 5 heavy (non-hydrogen) atoms. The van der Waals surface area contributed by atoms with E-state index in [1.807, 2.05) is 0 Å². The van der Waals surface area contributed by atoms with Gasteiger partial charge in [-0.2, -0.15) is 0 Å². The summed E-state index contributed by atoms with van der Waals surface area (Å²) in [6.07, 6.45) is 2.24. The molecule has 0 rings (SSSR count). The zero-order valence-corrected chi connectivity index (χ0v) is 5.31. The van der Waals surface area contributed by atoms with Crippen LogP contribution in [0, 0.1) is 0 Å². The van der Waals surface area contributed by atoms with Crippen molar-refractivity contribution in [2.24, 2.45) is 0 Å². The van der Waals surface area contributed by atoms with Crippen molar-refractivity contribution in [2.75, 3.05) is 0 Å². The Morgan fingerprint density at radius 2 is 2.00 bits per heavy atom. The number of allylic oxidation sites excluding steroid dienone is 1. The minimum atomic E-state index is 0. The molecule has 0 aromatic carbocycles. The molecule has 0 atom stereocenters. The molecule has 0 saturated heterocycles. The van der Waals surface area contributed by atoms with Gasteiger partial charge in [-0.05, 0) is 0 Å². The molecule has 0 aliphatic carbocycles. The highest BCUT2D eigenvalue weighted by Crippen LogP contribution is 1.61. The number of hydrogen-bond acceptors (Lipinski definition) is 0. The van der Waals surface area contributed by atoms with Crippen molar-refractivity contribution in [3.63, 3.8) is 0 Å². The minimum Gasteiger partial charge on any atom is -0.107 e. The molecule has 0 bridgehead atoms. The summed E-state index contributed by atoms with van der Waals surface area (Å²) >= 11 is 0. The van der Waals surface area contributed by atoms with Crippen LogP contribution >= 0.6 is 24.0 Å². The third kappa shape index (κ3) is 12.4. The molecule has 2 heteroatoms. The summed E-state index contributed by atoms with van der Waals surface area (Å²) < 4.78 is 0. The lowest BCUT2D eigenvalue weighted by Crippen LogP contribution is -1.47. The average Bonchev–Trinajstić information content (AvgIpc) is 1.37. The van der Waals surface area contributed by atoms with Gasteiger partial charge in [-0.25, -0.2) is 0 Å². The predicted molar refractivity (Wildman–Crippen MR) is 36.2 cm³/mol. The number of halogens is 1. The lowest BCUT2D eigenvalue weighted by molar-refractivity contribution is 1.76. The lowest BCUT2D eigenvalue weighted by atomic mass is 10.1. The van der Waals surface area contributed by atoms with Crippen molar-refractivity contribution in [1.29, 1.82) is 0 Å². The summed E-state index contributed by atoms with van der Waals surface area (Å²) in [6, 6.07) is 0. The molecule has 28 valence electrons. The topological polar surface area (TPSA) is 0 Å². The van der Waals surface area contributed by atoms with Gasteiger partial charge in [0.05, 0.1) is 7.85 Å². The smallest absolute Gasteiger partial charge is 0.0708 e. The van der Waals surface area contributed by atoms with E-state index < -0.39 is 0 Å². The van der Waals surface area contributed by atoms with Gasteiger partial charge in [0.25, 0.3) is 0 Å². The van der Waals surface area contributed by atoms with Gasteiger partial charge in [0.1, 0.15) is 0 Å². The minimum absolute atomic E-state index is 0. The summed E-state index contributed by atoms with van der Waals surface area (Å²) in [7, 11) is 4.91. The molecule has 0 aliphatic rings. The van der Waals surface area contributed by atoms with Gasteiger partial charge < -0.3 is 0 Å². The Morgan fingerprint density at radius 1 is 1.80 bits per heavy atom. The van der Waals surface area contributed by atoms with Gasteiger partial charge in [-0.3, -0.25) is 0 Å². The van der Waals surface area contributed by atoms with E-state index in [0.717, 1.165) is 0 Å². The molecule has 0 spiro atoms. The van der Waals surface area contributed by atoms with E-state index in [4.69, 9.17) is 7.85 Å². The summed E-state index contributed by atoms with van der Waals surface area (Å²) in [5.41, 5.74) is 0. The van der Waals surface area contributed by atoms with E-state index in [2.05, 4.69) is 6.58 Å². The van der Waals surface area contributed by atoms with E-state index >= 15 is 0 Å². The Morgan fingerprint density at radius 3 is 2.00 bits per heavy atom. The fraction of sp³-hybridized carbons (Fsp3) is 0.333. The highest BCUT2D eigenvalue weighted by atomic mass is 127. The molecular weight excluding hydrogens is 174 g/mol. The molecule has 0 N–H and O–H groups in total. The van der Waals surface area contributed by atoms with Gasteiger partial charge >= 0.3 is 0 Å². The second kappa shape index (κ2) is 8.82. The Kier molecular flexibility index (Phi) is 16.1. The first-order valence-corrected chi connectivity index (χ1v) is 1.22. The standard InChI is InChI=1S/C3H5B.HI/c1-2-3-4;/h2H,1,3H2;1H. The Hall–Kier alpha value is 0.535. The van der Waals surface area contributed by atoms with Crippen LogP contribution in [0.1, 0.15) is 0 Å². The molecule has 0 aliphatic heterocycles. The van der Waals surface area contributed by atoms with Crippen LogP contribution in [0.2, 0.25) is 6.32 Å². The zero-order valence-electron chi connectivity index (χ0n) is 2.98. The van der Waals surface area contributed by atoms with E-state index in [0.29, 0.717) is 6.32 Å². The first kappa shape index (κ1) is 9.11. The lowest BCUT2D eigenvalue weighted by Gasteiger charge is -1.57. The molecule has 0 saturated carbocycles. The van der Waals surface area contributed by atoms with Crippen LogP contribution in [-0.4, -0.2) is 7.85 Å². The van der Waals surface area contributed by atoms with Gasteiger partial charge in [-0.1, -0.05) is 6.32 Å². The normalized spacial score (nSPS) is 4.80. The Balaban J connectivity index is 0. The zero-order chi connectivity index (χ0) is 3.41. The summed E-state index contributed by atoms with van der Waals surface area (Å²) in [4.78, 5) is 0. The third-order valence-electron chi connectivity index (χ3n) is 0.167. The monoisotopic (exact) mass is 180 g/mol. The predicted octanol–water partition coefficient (Wildman–Crippen LogP) is 1.38. The second-order valence-corrected chi connectivity index (χ2v) is 0.524. The summed E-state index contributed by atoms with van der Waals surface area (Å²) in [5, 5.41) is 0. The summed E-state index contributed by atoms with van der Waals surface area (Å²) in [5.74, 6) is 0. The van der Waals surface area contributed by atoms with Crippen LogP contribution in [0.5, 0.6) is 0 Å². The van der Waals surface area contributed by atoms with Gasteiger partial charge in [0.2, 0.25) is 0 Å². The van der Waals surface area contributed by atoms with Crippen LogP contribution < -0.4 is 0 Å². The molecule has 0 nitrogen and oxygen atoms in total. The van der Waals surface area contributed by atoms with Crippen molar-refractivity contribution in [3.8, 4) is 0 Å². The molecule has 2 radical (unpaired) electrons. The van der Waals surface area contributed by atoms with E-state index in [9.17, 15) is 0 Å². The SMILES string of the molecule is I.[B]CC=C. The Bertz CT molecular complexity index is 20.9. The first-order chi connectivity index (χ1) is 1.91.